The summed E-state index contributed by atoms with van der Waals surface area (Å²) in [6.07, 6.45) is 0. The predicted molar refractivity (Wildman–Crippen MR) is 166 cm³/mol. The first-order valence-corrected chi connectivity index (χ1v) is 16.5. The molecular weight excluding hydrogens is 599 g/mol. The van der Waals surface area contributed by atoms with Crippen LogP contribution in [0.25, 0.3) is 0 Å². The maximum Gasteiger partial charge on any atom is 0.346 e. The summed E-state index contributed by atoms with van der Waals surface area (Å²) >= 11 is 3.44. The van der Waals surface area contributed by atoms with E-state index in [1.165, 1.54) is 11.8 Å². The Hall–Kier alpha value is -2.57. The number of fused-ring (bicyclic) bond motifs is 4. The number of thioether (sulfide) groups is 3. The fourth-order valence-corrected chi connectivity index (χ4v) is 11.0. The predicted octanol–water partition coefficient (Wildman–Crippen LogP) is 5.32. The molecular formula is C30H37NO8S3. The molecule has 0 amide bonds. The number of hydrogen-bond donors (Lipinski definition) is 0. The molecule has 2 atom stereocenters. The molecule has 3 aliphatic heterocycles. The minimum atomic E-state index is -1.35. The van der Waals surface area contributed by atoms with Crippen molar-refractivity contribution >= 4 is 64.9 Å². The lowest BCUT2D eigenvalue weighted by Crippen LogP contribution is -2.60. The van der Waals surface area contributed by atoms with Gasteiger partial charge in [0.2, 0.25) is 0 Å². The fourth-order valence-electron chi connectivity index (χ4n) is 5.51. The zero-order chi connectivity index (χ0) is 31.0. The summed E-state index contributed by atoms with van der Waals surface area (Å²) in [6, 6.07) is 6.15. The van der Waals surface area contributed by atoms with Gasteiger partial charge in [0.05, 0.1) is 32.0 Å². The van der Waals surface area contributed by atoms with Crippen LogP contribution in [0.15, 0.2) is 38.5 Å². The molecule has 12 heteroatoms. The Bertz CT molecular complexity index is 1340. The van der Waals surface area contributed by atoms with Gasteiger partial charge in [-0.1, -0.05) is 41.2 Å². The van der Waals surface area contributed by atoms with Gasteiger partial charge in [-0.05, 0) is 60.1 Å². The standard InChI is InChI=1S/C30H37NO8S3/c1-9-36-25(32)20-21(26(33)37-10-2)40-24-19(17-15-16(5)13-14-18(17)31(8)29(24,6)7)30(20)41-22(27(34)38-11-3)23(42-30)28(35)39-12-4/h13-15,19,24H,9-12H2,1-8H3/t19-,24-/m0/s1. The van der Waals surface area contributed by atoms with Crippen molar-refractivity contribution in [2.24, 2.45) is 0 Å². The molecule has 3 heterocycles. The summed E-state index contributed by atoms with van der Waals surface area (Å²) in [5, 5.41) is -0.306. The zero-order valence-electron chi connectivity index (χ0n) is 25.2. The van der Waals surface area contributed by atoms with Crippen molar-refractivity contribution in [1.82, 2.24) is 0 Å². The fraction of sp³-hybridized carbons (Fsp3) is 0.533. The van der Waals surface area contributed by atoms with Gasteiger partial charge in [0.1, 0.15) is 18.8 Å². The van der Waals surface area contributed by atoms with E-state index in [4.69, 9.17) is 18.9 Å². The number of aryl methyl sites for hydroxylation is 1. The molecule has 0 unspecified atom stereocenters. The van der Waals surface area contributed by atoms with Crippen molar-refractivity contribution in [3.63, 3.8) is 0 Å². The monoisotopic (exact) mass is 635 g/mol. The van der Waals surface area contributed by atoms with Crippen molar-refractivity contribution in [2.75, 3.05) is 38.4 Å². The quantitative estimate of drug-likeness (QED) is 0.273. The van der Waals surface area contributed by atoms with Gasteiger partial charge in [-0.25, -0.2) is 19.2 Å². The summed E-state index contributed by atoms with van der Waals surface area (Å²) < 4.78 is 20.5. The van der Waals surface area contributed by atoms with Gasteiger partial charge in [0, 0.05) is 29.4 Å². The van der Waals surface area contributed by atoms with Crippen LogP contribution in [0.4, 0.5) is 5.69 Å². The number of rotatable bonds is 8. The van der Waals surface area contributed by atoms with Gasteiger partial charge >= 0.3 is 23.9 Å². The van der Waals surface area contributed by atoms with Crippen molar-refractivity contribution < 1.29 is 38.1 Å². The second-order valence-electron chi connectivity index (χ2n) is 10.4. The van der Waals surface area contributed by atoms with E-state index in [0.29, 0.717) is 0 Å². The van der Waals surface area contributed by atoms with Crippen LogP contribution in [0.2, 0.25) is 0 Å². The van der Waals surface area contributed by atoms with Gasteiger partial charge in [-0.3, -0.25) is 0 Å². The van der Waals surface area contributed by atoms with Crippen LogP contribution in [-0.2, 0) is 38.1 Å². The highest BCUT2D eigenvalue weighted by molar-refractivity contribution is 8.26. The lowest BCUT2D eigenvalue weighted by molar-refractivity contribution is -0.141. The Kier molecular flexibility index (Phi) is 9.69. The lowest BCUT2D eigenvalue weighted by atomic mass is 9.74. The summed E-state index contributed by atoms with van der Waals surface area (Å²) in [7, 11) is 2.01. The van der Waals surface area contributed by atoms with Crippen molar-refractivity contribution in [1.29, 1.82) is 0 Å². The van der Waals surface area contributed by atoms with E-state index < -0.39 is 39.4 Å². The molecule has 3 aliphatic rings. The van der Waals surface area contributed by atoms with Crippen LogP contribution in [0.3, 0.4) is 0 Å². The smallest absolute Gasteiger partial charge is 0.346 e. The van der Waals surface area contributed by atoms with Gasteiger partial charge in [0.15, 0.2) is 0 Å². The molecule has 0 radical (unpaired) electrons. The normalized spacial score (nSPS) is 22.0. The topological polar surface area (TPSA) is 108 Å². The molecule has 0 aromatic heterocycles. The number of hydrogen-bond acceptors (Lipinski definition) is 12. The maximum absolute atomic E-state index is 14.0. The zero-order valence-corrected chi connectivity index (χ0v) is 27.6. The molecule has 1 aromatic carbocycles. The number of carbonyl (C=O) groups is 4. The number of esters is 4. The Morgan fingerprint density at radius 2 is 1.26 bits per heavy atom. The average molecular weight is 636 g/mol. The third kappa shape index (κ3) is 5.34. The maximum atomic E-state index is 14.0. The van der Waals surface area contributed by atoms with E-state index in [2.05, 4.69) is 24.8 Å². The minimum Gasteiger partial charge on any atom is -0.463 e. The average Bonchev–Trinajstić information content (AvgIpc) is 3.32. The highest BCUT2D eigenvalue weighted by atomic mass is 32.2. The summed E-state index contributed by atoms with van der Waals surface area (Å²) in [4.78, 5) is 56.8. The molecule has 4 rings (SSSR count). The van der Waals surface area contributed by atoms with Crippen LogP contribution in [0.5, 0.6) is 0 Å². The molecule has 1 spiro atoms. The number of carbonyl (C=O) groups excluding carboxylic acids is 4. The first-order chi connectivity index (χ1) is 19.9. The Labute approximate surface area is 259 Å². The third-order valence-electron chi connectivity index (χ3n) is 7.55. The highest BCUT2D eigenvalue weighted by Gasteiger charge is 2.66. The molecule has 0 saturated carbocycles. The van der Waals surface area contributed by atoms with E-state index in [9.17, 15) is 19.2 Å². The highest BCUT2D eigenvalue weighted by Crippen LogP contribution is 2.72. The number of nitrogens with zero attached hydrogens (tertiary/aromatic N) is 1. The molecule has 0 aliphatic carbocycles. The van der Waals surface area contributed by atoms with Crippen LogP contribution in [0.1, 0.15) is 58.6 Å². The second-order valence-corrected chi connectivity index (χ2v) is 14.3. The van der Waals surface area contributed by atoms with E-state index in [0.717, 1.165) is 40.3 Å². The second kappa shape index (κ2) is 12.6. The Morgan fingerprint density at radius 1 is 0.786 bits per heavy atom. The number of ether oxygens (including phenoxy) is 4. The SMILES string of the molecule is CCOC(=O)C1=C(C(=O)OCC)SC2(S1)C(C(=O)OCC)=C(C(=O)OCC)S[C@H]1[C@@H]2c2cc(C)ccc2N(C)C1(C)C. The van der Waals surface area contributed by atoms with E-state index in [-0.39, 0.29) is 52.0 Å². The first kappa shape index (κ1) is 32.3. The summed E-state index contributed by atoms with van der Waals surface area (Å²) in [5.41, 5.74) is 2.43. The summed E-state index contributed by atoms with van der Waals surface area (Å²) in [5.74, 6) is -3.19. The van der Waals surface area contributed by atoms with Gasteiger partial charge in [-0.15, -0.1) is 11.8 Å². The van der Waals surface area contributed by atoms with Gasteiger partial charge in [-0.2, -0.15) is 0 Å². The molecule has 9 nitrogen and oxygen atoms in total. The van der Waals surface area contributed by atoms with Crippen molar-refractivity contribution in [2.45, 2.75) is 69.3 Å². The van der Waals surface area contributed by atoms with Gasteiger partial charge in [0.25, 0.3) is 0 Å². The molecule has 42 heavy (non-hydrogen) atoms. The number of benzene rings is 1. The number of anilines is 1. The van der Waals surface area contributed by atoms with Crippen molar-refractivity contribution in [3.8, 4) is 0 Å². The Morgan fingerprint density at radius 3 is 1.76 bits per heavy atom. The lowest BCUT2D eigenvalue weighted by Gasteiger charge is -2.57. The molecule has 1 aromatic rings. The molecule has 0 saturated heterocycles. The largest absolute Gasteiger partial charge is 0.463 e. The van der Waals surface area contributed by atoms with Crippen molar-refractivity contribution in [3.05, 3.63) is 49.6 Å². The summed E-state index contributed by atoms with van der Waals surface area (Å²) in [6.45, 7) is 13.3. The van der Waals surface area contributed by atoms with E-state index in [1.807, 2.05) is 26.1 Å². The molecule has 0 bridgehead atoms. The van der Waals surface area contributed by atoms with Crippen LogP contribution < -0.4 is 4.90 Å². The van der Waals surface area contributed by atoms with E-state index in [1.54, 1.807) is 27.7 Å². The molecule has 0 fully saturated rings. The third-order valence-corrected chi connectivity index (χ3v) is 12.6. The first-order valence-electron chi connectivity index (χ1n) is 14.0. The molecule has 0 N–H and O–H groups in total. The van der Waals surface area contributed by atoms with Crippen LogP contribution in [0, 0.1) is 6.92 Å². The van der Waals surface area contributed by atoms with Gasteiger partial charge < -0.3 is 23.8 Å². The van der Waals surface area contributed by atoms with Crippen LogP contribution in [-0.4, -0.2) is 72.2 Å². The minimum absolute atomic E-state index is 0.0434. The molecule has 228 valence electrons. The Balaban J connectivity index is 2.11. The van der Waals surface area contributed by atoms with Crippen LogP contribution >= 0.6 is 35.3 Å². The van der Waals surface area contributed by atoms with E-state index >= 15 is 0 Å².